The summed E-state index contributed by atoms with van der Waals surface area (Å²) in [4.78, 5) is 23.0. The molecule has 0 aliphatic carbocycles. The molecule has 21 heavy (non-hydrogen) atoms. The van der Waals surface area contributed by atoms with Crippen LogP contribution in [0.2, 0.25) is 0 Å². The average Bonchev–Trinajstić information content (AvgIpc) is 2.73. The van der Waals surface area contributed by atoms with Crippen LogP contribution in [0.5, 0.6) is 0 Å². The zero-order valence-corrected chi connectivity index (χ0v) is 12.9. The van der Waals surface area contributed by atoms with Gasteiger partial charge in [0, 0.05) is 32.3 Å². The molecule has 118 valence electrons. The van der Waals surface area contributed by atoms with Gasteiger partial charge in [0.2, 0.25) is 5.91 Å². The first-order chi connectivity index (χ1) is 9.85. The van der Waals surface area contributed by atoms with Crippen LogP contribution in [0.3, 0.4) is 0 Å². The third-order valence-corrected chi connectivity index (χ3v) is 3.19. The van der Waals surface area contributed by atoms with Crippen molar-refractivity contribution in [3.05, 3.63) is 17.5 Å². The summed E-state index contributed by atoms with van der Waals surface area (Å²) in [6, 6.07) is 0.883. The van der Waals surface area contributed by atoms with Gasteiger partial charge in [0.1, 0.15) is 6.04 Å². The fourth-order valence-electron chi connectivity index (χ4n) is 2.19. The Labute approximate surface area is 124 Å². The lowest BCUT2D eigenvalue weighted by Gasteiger charge is -2.17. The largest absolute Gasteiger partial charge is 0.480 e. The highest BCUT2D eigenvalue weighted by Gasteiger charge is 2.21. The summed E-state index contributed by atoms with van der Waals surface area (Å²) in [5.41, 5.74) is 1.87. The highest BCUT2D eigenvalue weighted by Crippen LogP contribution is 2.14. The zero-order chi connectivity index (χ0) is 16.0. The van der Waals surface area contributed by atoms with E-state index in [1.807, 2.05) is 26.8 Å². The van der Waals surface area contributed by atoms with Crippen LogP contribution in [-0.2, 0) is 14.3 Å². The number of carboxylic acid groups (broad SMARTS) is 1. The number of nitrogens with one attached hydrogen (secondary N) is 1. The molecule has 0 aliphatic rings. The van der Waals surface area contributed by atoms with E-state index in [0.717, 1.165) is 11.4 Å². The Morgan fingerprint density at radius 2 is 2.14 bits per heavy atom. The Hall–Kier alpha value is -1.89. The maximum atomic E-state index is 12.0. The minimum absolute atomic E-state index is 0.129. The number of aromatic nitrogens is 2. The fourth-order valence-corrected chi connectivity index (χ4v) is 2.19. The molecular formula is C14H23N3O4. The normalized spacial score (nSPS) is 13.7. The Morgan fingerprint density at radius 3 is 2.62 bits per heavy atom. The van der Waals surface area contributed by atoms with E-state index in [9.17, 15) is 9.59 Å². The van der Waals surface area contributed by atoms with Crippen LogP contribution in [0.1, 0.15) is 37.2 Å². The molecule has 0 saturated heterocycles. The molecule has 1 amide bonds. The second kappa shape index (κ2) is 7.78. The number of rotatable bonds is 8. The number of ether oxygens (including phenoxy) is 1. The molecular weight excluding hydrogens is 274 g/mol. The van der Waals surface area contributed by atoms with Crippen LogP contribution in [0.15, 0.2) is 6.07 Å². The van der Waals surface area contributed by atoms with Crippen molar-refractivity contribution < 1.29 is 19.4 Å². The Morgan fingerprint density at radius 1 is 1.48 bits per heavy atom. The lowest BCUT2D eigenvalue weighted by molar-refractivity contribution is -0.142. The van der Waals surface area contributed by atoms with Crippen molar-refractivity contribution >= 4 is 11.9 Å². The highest BCUT2D eigenvalue weighted by molar-refractivity contribution is 5.83. The molecule has 0 aliphatic heterocycles. The second-order valence-corrected chi connectivity index (χ2v) is 5.16. The van der Waals surface area contributed by atoms with Gasteiger partial charge in [-0.15, -0.1) is 0 Å². The predicted octanol–water partition coefficient (Wildman–Crippen LogP) is 1.06. The maximum Gasteiger partial charge on any atom is 0.326 e. The molecule has 0 saturated carbocycles. The third kappa shape index (κ3) is 5.18. The maximum absolute atomic E-state index is 12.0. The third-order valence-electron chi connectivity index (χ3n) is 3.19. The first-order valence-corrected chi connectivity index (χ1v) is 6.89. The minimum Gasteiger partial charge on any atom is -0.480 e. The van der Waals surface area contributed by atoms with Gasteiger partial charge in [-0.3, -0.25) is 9.48 Å². The van der Waals surface area contributed by atoms with Gasteiger partial charge in [-0.2, -0.15) is 5.10 Å². The van der Waals surface area contributed by atoms with Crippen LogP contribution in [0.4, 0.5) is 0 Å². The van der Waals surface area contributed by atoms with Crippen LogP contribution in [-0.4, -0.2) is 46.5 Å². The number of hydrogen-bond acceptors (Lipinski definition) is 4. The summed E-state index contributed by atoms with van der Waals surface area (Å²) in [6.45, 7) is 5.97. The number of nitrogens with zero attached hydrogens (tertiary/aromatic N) is 2. The van der Waals surface area contributed by atoms with E-state index in [-0.39, 0.29) is 31.4 Å². The molecule has 1 heterocycles. The van der Waals surface area contributed by atoms with Gasteiger partial charge >= 0.3 is 5.97 Å². The van der Waals surface area contributed by atoms with Crippen LogP contribution < -0.4 is 5.32 Å². The van der Waals surface area contributed by atoms with Gasteiger partial charge in [-0.1, -0.05) is 0 Å². The molecule has 0 aromatic carbocycles. The van der Waals surface area contributed by atoms with E-state index in [0.29, 0.717) is 0 Å². The van der Waals surface area contributed by atoms with E-state index >= 15 is 0 Å². The molecule has 0 bridgehead atoms. The van der Waals surface area contributed by atoms with E-state index < -0.39 is 12.0 Å². The fraction of sp³-hybridized carbons (Fsp3) is 0.643. The van der Waals surface area contributed by atoms with Gasteiger partial charge in [0.05, 0.1) is 11.7 Å². The van der Waals surface area contributed by atoms with Crippen LogP contribution in [0, 0.1) is 13.8 Å². The molecule has 7 nitrogen and oxygen atoms in total. The first-order valence-electron chi connectivity index (χ1n) is 6.89. The molecule has 1 rings (SSSR count). The van der Waals surface area contributed by atoms with Crippen LogP contribution in [0.25, 0.3) is 0 Å². The molecule has 0 spiro atoms. The lowest BCUT2D eigenvalue weighted by atomic mass is 10.1. The molecule has 2 atom stereocenters. The predicted molar refractivity (Wildman–Crippen MR) is 77.1 cm³/mol. The molecule has 0 fully saturated rings. The summed E-state index contributed by atoms with van der Waals surface area (Å²) in [7, 11) is 1.49. The number of carbonyl (C=O) groups is 2. The number of aryl methyl sites for hydroxylation is 2. The molecule has 2 N–H and O–H groups in total. The van der Waals surface area contributed by atoms with E-state index in [1.165, 1.54) is 7.11 Å². The smallest absolute Gasteiger partial charge is 0.326 e. The average molecular weight is 297 g/mol. The molecule has 1 aromatic heterocycles. The standard InChI is InChI=1S/C14H23N3O4/c1-9-7-10(2)17(16-9)11(3)8-13(18)15-12(14(19)20)5-6-21-4/h7,11-12H,5-6,8H2,1-4H3,(H,15,18)(H,19,20). The summed E-state index contributed by atoms with van der Waals surface area (Å²) < 4.78 is 6.62. The Bertz CT molecular complexity index is 498. The molecule has 1 aromatic rings. The second-order valence-electron chi connectivity index (χ2n) is 5.16. The summed E-state index contributed by atoms with van der Waals surface area (Å²) in [5, 5.41) is 15.9. The number of aliphatic carboxylic acids is 1. The zero-order valence-electron chi connectivity index (χ0n) is 12.9. The van der Waals surface area contributed by atoms with Crippen molar-refractivity contribution in [3.8, 4) is 0 Å². The number of amides is 1. The number of carboxylic acids is 1. The van der Waals surface area contributed by atoms with Crippen molar-refractivity contribution in [2.45, 2.75) is 45.7 Å². The van der Waals surface area contributed by atoms with E-state index in [4.69, 9.17) is 9.84 Å². The van der Waals surface area contributed by atoms with E-state index in [2.05, 4.69) is 10.4 Å². The van der Waals surface area contributed by atoms with Crippen molar-refractivity contribution in [3.63, 3.8) is 0 Å². The molecule has 7 heteroatoms. The minimum atomic E-state index is -1.06. The molecule has 0 radical (unpaired) electrons. The quantitative estimate of drug-likeness (QED) is 0.748. The summed E-state index contributed by atoms with van der Waals surface area (Å²) in [5.74, 6) is -1.36. The number of hydrogen-bond donors (Lipinski definition) is 2. The number of carbonyl (C=O) groups excluding carboxylic acids is 1. The van der Waals surface area contributed by atoms with Crippen LogP contribution >= 0.6 is 0 Å². The van der Waals surface area contributed by atoms with Crippen molar-refractivity contribution in [2.24, 2.45) is 0 Å². The Kier molecular flexibility index (Phi) is 6.36. The number of methoxy groups -OCH3 is 1. The highest BCUT2D eigenvalue weighted by atomic mass is 16.5. The first kappa shape index (κ1) is 17.2. The lowest BCUT2D eigenvalue weighted by Crippen LogP contribution is -2.42. The van der Waals surface area contributed by atoms with E-state index in [1.54, 1.807) is 4.68 Å². The molecule has 2 unspecified atom stereocenters. The van der Waals surface area contributed by atoms with Gasteiger partial charge in [-0.05, 0) is 26.8 Å². The Balaban J connectivity index is 2.59. The monoisotopic (exact) mass is 297 g/mol. The topological polar surface area (TPSA) is 93.5 Å². The van der Waals surface area contributed by atoms with Crippen molar-refractivity contribution in [1.82, 2.24) is 15.1 Å². The van der Waals surface area contributed by atoms with Gasteiger partial charge in [0.15, 0.2) is 0 Å². The summed E-state index contributed by atoms with van der Waals surface area (Å²) >= 11 is 0. The SMILES string of the molecule is COCCC(NC(=O)CC(C)n1nc(C)cc1C)C(=O)O. The van der Waals surface area contributed by atoms with Crippen molar-refractivity contribution in [2.75, 3.05) is 13.7 Å². The summed E-state index contributed by atoms with van der Waals surface area (Å²) in [6.07, 6.45) is 0.421. The van der Waals surface area contributed by atoms with Gasteiger partial charge < -0.3 is 15.2 Å². The van der Waals surface area contributed by atoms with Gasteiger partial charge in [0.25, 0.3) is 0 Å². The van der Waals surface area contributed by atoms with Crippen molar-refractivity contribution in [1.29, 1.82) is 0 Å². The van der Waals surface area contributed by atoms with Gasteiger partial charge in [-0.25, -0.2) is 4.79 Å².